The number of fused-ring (bicyclic) bond motifs is 1. The molecule has 0 unspecified atom stereocenters. The first-order chi connectivity index (χ1) is 12.0. The van der Waals surface area contributed by atoms with Gasteiger partial charge in [0, 0.05) is 19.2 Å². The van der Waals surface area contributed by atoms with Gasteiger partial charge in [-0.15, -0.1) is 0 Å². The van der Waals surface area contributed by atoms with E-state index < -0.39 is 0 Å². The maximum absolute atomic E-state index is 12.4. The van der Waals surface area contributed by atoms with Gasteiger partial charge in [-0.1, -0.05) is 12.1 Å². The number of imide groups is 1. The molecule has 25 heavy (non-hydrogen) atoms. The number of ether oxygens (including phenoxy) is 1. The van der Waals surface area contributed by atoms with Crippen LogP contribution in [0.4, 0.5) is 0 Å². The van der Waals surface area contributed by atoms with Crippen LogP contribution in [0, 0.1) is 0 Å². The first kappa shape index (κ1) is 15.8. The maximum atomic E-state index is 12.4. The molecule has 1 aliphatic carbocycles. The predicted molar refractivity (Wildman–Crippen MR) is 88.3 cm³/mol. The minimum absolute atomic E-state index is 0.0807. The van der Waals surface area contributed by atoms with Gasteiger partial charge in [-0.05, 0) is 25.0 Å². The fraction of sp³-hybridized carbons (Fsp3) is 0.389. The summed E-state index contributed by atoms with van der Waals surface area (Å²) in [5.41, 5.74) is 6.51. The van der Waals surface area contributed by atoms with E-state index in [1.54, 1.807) is 35.4 Å². The normalized spacial score (nSPS) is 21.3. The lowest BCUT2D eigenvalue weighted by atomic mass is 10.1. The van der Waals surface area contributed by atoms with Crippen molar-refractivity contribution in [3.05, 3.63) is 47.4 Å². The SMILES string of the molecule is NC1(COC2=CN(CN3C(=O)c4ccccc4C3=O)CCC2=O)CC1. The molecule has 4 rings (SSSR count). The van der Waals surface area contributed by atoms with Crippen LogP contribution in [0.5, 0.6) is 0 Å². The van der Waals surface area contributed by atoms with Crippen LogP contribution in [0.15, 0.2) is 36.2 Å². The number of ketones is 1. The van der Waals surface area contributed by atoms with E-state index in [4.69, 9.17) is 10.5 Å². The number of allylic oxidation sites excluding steroid dienone is 1. The smallest absolute Gasteiger partial charge is 0.263 e. The van der Waals surface area contributed by atoms with Crippen LogP contribution in [0.3, 0.4) is 0 Å². The number of rotatable bonds is 5. The molecule has 130 valence electrons. The molecular weight excluding hydrogens is 322 g/mol. The number of carbonyl (C=O) groups excluding carboxylic acids is 3. The van der Waals surface area contributed by atoms with Crippen molar-refractivity contribution in [2.45, 2.75) is 24.8 Å². The van der Waals surface area contributed by atoms with Crippen molar-refractivity contribution < 1.29 is 19.1 Å². The van der Waals surface area contributed by atoms with E-state index in [-0.39, 0.29) is 42.0 Å². The van der Waals surface area contributed by atoms with Crippen LogP contribution >= 0.6 is 0 Å². The van der Waals surface area contributed by atoms with Gasteiger partial charge in [-0.2, -0.15) is 0 Å². The minimum atomic E-state index is -0.314. The zero-order valence-electron chi connectivity index (χ0n) is 13.7. The van der Waals surface area contributed by atoms with Crippen molar-refractivity contribution in [1.82, 2.24) is 9.80 Å². The Balaban J connectivity index is 1.47. The van der Waals surface area contributed by atoms with E-state index >= 15 is 0 Å². The molecule has 0 radical (unpaired) electrons. The number of carbonyl (C=O) groups is 3. The molecule has 1 aromatic carbocycles. The lowest BCUT2D eigenvalue weighted by Gasteiger charge is -2.29. The maximum Gasteiger partial charge on any atom is 0.263 e. The van der Waals surface area contributed by atoms with Crippen molar-refractivity contribution in [3.8, 4) is 0 Å². The van der Waals surface area contributed by atoms with Gasteiger partial charge in [-0.3, -0.25) is 19.3 Å². The van der Waals surface area contributed by atoms with Crippen molar-refractivity contribution in [1.29, 1.82) is 0 Å². The van der Waals surface area contributed by atoms with Gasteiger partial charge in [0.1, 0.15) is 13.3 Å². The highest BCUT2D eigenvalue weighted by Crippen LogP contribution is 2.33. The Labute approximate surface area is 145 Å². The summed E-state index contributed by atoms with van der Waals surface area (Å²) in [7, 11) is 0. The predicted octanol–water partition coefficient (Wildman–Crippen LogP) is 0.864. The molecule has 7 heteroatoms. The van der Waals surface area contributed by atoms with E-state index in [0.717, 1.165) is 12.8 Å². The fourth-order valence-corrected chi connectivity index (χ4v) is 2.98. The molecule has 2 aliphatic heterocycles. The molecule has 0 bridgehead atoms. The van der Waals surface area contributed by atoms with Crippen LogP contribution < -0.4 is 5.73 Å². The molecular formula is C18H19N3O4. The molecule has 0 aromatic heterocycles. The zero-order chi connectivity index (χ0) is 17.6. The Kier molecular flexibility index (Phi) is 3.61. The molecule has 1 fully saturated rings. The van der Waals surface area contributed by atoms with E-state index in [2.05, 4.69) is 0 Å². The summed E-state index contributed by atoms with van der Waals surface area (Å²) >= 11 is 0. The van der Waals surface area contributed by atoms with Gasteiger partial charge >= 0.3 is 0 Å². The highest BCUT2D eigenvalue weighted by atomic mass is 16.5. The lowest BCUT2D eigenvalue weighted by molar-refractivity contribution is -0.120. The molecule has 0 atom stereocenters. The van der Waals surface area contributed by atoms with E-state index in [9.17, 15) is 14.4 Å². The van der Waals surface area contributed by atoms with Crippen molar-refractivity contribution in [2.24, 2.45) is 5.73 Å². The second-order valence-corrected chi connectivity index (χ2v) is 6.86. The number of Topliss-reactive ketones (excluding diaryl/α,β-unsaturated/α-hetero) is 1. The molecule has 1 aromatic rings. The van der Waals surface area contributed by atoms with Gasteiger partial charge in [-0.25, -0.2) is 0 Å². The van der Waals surface area contributed by atoms with Crippen molar-refractivity contribution >= 4 is 17.6 Å². The summed E-state index contributed by atoms with van der Waals surface area (Å²) in [6.45, 7) is 0.846. The van der Waals surface area contributed by atoms with E-state index in [1.807, 2.05) is 0 Å². The van der Waals surface area contributed by atoms with Crippen LogP contribution in [0.2, 0.25) is 0 Å². The van der Waals surface area contributed by atoms with Gasteiger partial charge in [0.15, 0.2) is 5.76 Å². The summed E-state index contributed by atoms with van der Waals surface area (Å²) < 4.78 is 5.59. The molecule has 0 spiro atoms. The quantitative estimate of drug-likeness (QED) is 0.799. The van der Waals surface area contributed by atoms with Gasteiger partial charge in [0.25, 0.3) is 11.8 Å². The Hall–Kier alpha value is -2.67. The number of benzene rings is 1. The van der Waals surface area contributed by atoms with Crippen molar-refractivity contribution in [2.75, 3.05) is 19.8 Å². The summed E-state index contributed by atoms with van der Waals surface area (Å²) in [4.78, 5) is 39.8. The standard InChI is InChI=1S/C18H19N3O4/c19-18(6-7-18)10-25-15-9-20(8-5-14(15)22)11-21-16(23)12-3-1-2-4-13(12)17(21)24/h1-4,9H,5-8,10-11,19H2. The first-order valence-corrected chi connectivity index (χ1v) is 8.33. The third-order valence-corrected chi connectivity index (χ3v) is 4.81. The highest BCUT2D eigenvalue weighted by molar-refractivity contribution is 6.21. The van der Waals surface area contributed by atoms with E-state index in [1.165, 1.54) is 4.90 Å². The van der Waals surface area contributed by atoms with Crippen LogP contribution in [0.1, 0.15) is 40.0 Å². The van der Waals surface area contributed by atoms with E-state index in [0.29, 0.717) is 24.3 Å². The topological polar surface area (TPSA) is 92.9 Å². The van der Waals surface area contributed by atoms with Crippen LogP contribution in [-0.2, 0) is 9.53 Å². The van der Waals surface area contributed by atoms with Crippen LogP contribution in [-0.4, -0.2) is 52.8 Å². The summed E-state index contributed by atoms with van der Waals surface area (Å²) in [6.07, 6.45) is 3.66. The van der Waals surface area contributed by atoms with Gasteiger partial charge < -0.3 is 15.4 Å². The van der Waals surface area contributed by atoms with Crippen LogP contribution in [0.25, 0.3) is 0 Å². The number of nitrogens with zero attached hydrogens (tertiary/aromatic N) is 2. The largest absolute Gasteiger partial charge is 0.486 e. The molecule has 3 aliphatic rings. The summed E-state index contributed by atoms with van der Waals surface area (Å²) in [5, 5.41) is 0. The molecule has 2 amide bonds. The lowest BCUT2D eigenvalue weighted by Crippen LogP contribution is -2.42. The van der Waals surface area contributed by atoms with Crippen molar-refractivity contribution in [3.63, 3.8) is 0 Å². The van der Waals surface area contributed by atoms with Gasteiger partial charge in [0.05, 0.1) is 16.7 Å². The second kappa shape index (κ2) is 5.70. The third-order valence-electron chi connectivity index (χ3n) is 4.81. The Morgan fingerprint density at radius 2 is 1.72 bits per heavy atom. The number of amides is 2. The molecule has 1 saturated carbocycles. The molecule has 2 heterocycles. The Bertz CT molecular complexity index is 762. The zero-order valence-corrected chi connectivity index (χ0v) is 13.7. The second-order valence-electron chi connectivity index (χ2n) is 6.86. The minimum Gasteiger partial charge on any atom is -0.486 e. The summed E-state index contributed by atoms with van der Waals surface area (Å²) in [6, 6.07) is 6.77. The Morgan fingerprint density at radius 3 is 2.32 bits per heavy atom. The average molecular weight is 341 g/mol. The fourth-order valence-electron chi connectivity index (χ4n) is 2.98. The van der Waals surface area contributed by atoms with Gasteiger partial charge in [0.2, 0.25) is 5.78 Å². The molecule has 0 saturated heterocycles. The third kappa shape index (κ3) is 2.91. The number of nitrogens with two attached hydrogens (primary N) is 1. The monoisotopic (exact) mass is 341 g/mol. The molecule has 7 nitrogen and oxygen atoms in total. The first-order valence-electron chi connectivity index (χ1n) is 8.33. The highest BCUT2D eigenvalue weighted by Gasteiger charge is 2.40. The summed E-state index contributed by atoms with van der Waals surface area (Å²) in [5.74, 6) is -0.457. The average Bonchev–Trinajstić information content (AvgIpc) is 3.31. The Morgan fingerprint density at radius 1 is 1.08 bits per heavy atom. The number of hydrogen-bond donors (Lipinski definition) is 1. The molecule has 2 N–H and O–H groups in total. The number of hydrogen-bond acceptors (Lipinski definition) is 6.